The molecule has 18 heavy (non-hydrogen) atoms. The molecular weight excluding hydrogens is 245 g/mol. The first-order chi connectivity index (χ1) is 8.84. The van der Waals surface area contributed by atoms with E-state index in [0.717, 1.165) is 12.3 Å². The van der Waals surface area contributed by atoms with Crippen molar-refractivity contribution in [2.45, 2.75) is 10.8 Å². The van der Waals surface area contributed by atoms with Crippen LogP contribution in [0.25, 0.3) is 0 Å². The molecule has 0 bridgehead atoms. The lowest BCUT2D eigenvalue weighted by Gasteiger charge is -2.13. The monoisotopic (exact) mass is 259 g/mol. The fourth-order valence-corrected chi connectivity index (χ4v) is 3.49. The summed E-state index contributed by atoms with van der Waals surface area (Å²) in [6.07, 6.45) is 0. The summed E-state index contributed by atoms with van der Waals surface area (Å²) in [5.41, 5.74) is 1.97. The highest BCUT2D eigenvalue weighted by Gasteiger charge is 2.22. The molecule has 0 spiro atoms. The summed E-state index contributed by atoms with van der Waals surface area (Å²) in [6, 6.07) is 15.3. The second-order valence-corrected chi connectivity index (χ2v) is 5.47. The Morgan fingerprint density at radius 2 is 1.89 bits per heavy atom. The van der Waals surface area contributed by atoms with Gasteiger partial charge in [-0.1, -0.05) is 30.3 Å². The van der Waals surface area contributed by atoms with Crippen molar-refractivity contribution in [3.63, 3.8) is 0 Å². The molecule has 0 aromatic heterocycles. The van der Waals surface area contributed by atoms with Crippen molar-refractivity contribution in [3.05, 3.63) is 59.9 Å². The minimum Gasteiger partial charge on any atom is -0.382 e. The molecular formula is C15H14FNS. The zero-order valence-electron chi connectivity index (χ0n) is 9.90. The first-order valence-electron chi connectivity index (χ1n) is 6.05. The molecule has 1 heterocycles. The molecule has 0 saturated carbocycles. The van der Waals surface area contributed by atoms with Crippen LogP contribution in [-0.4, -0.2) is 12.3 Å². The quantitative estimate of drug-likeness (QED) is 0.889. The summed E-state index contributed by atoms with van der Waals surface area (Å²) >= 11 is 1.88. The van der Waals surface area contributed by atoms with Crippen LogP contribution >= 0.6 is 11.8 Å². The Morgan fingerprint density at radius 3 is 2.78 bits per heavy atom. The van der Waals surface area contributed by atoms with Crippen molar-refractivity contribution < 1.29 is 4.39 Å². The van der Waals surface area contributed by atoms with Crippen molar-refractivity contribution >= 4 is 17.4 Å². The predicted octanol–water partition coefficient (Wildman–Crippen LogP) is 4.13. The number of hydrogen-bond acceptors (Lipinski definition) is 2. The molecule has 1 N–H and O–H groups in total. The van der Waals surface area contributed by atoms with Crippen LogP contribution < -0.4 is 5.32 Å². The van der Waals surface area contributed by atoms with E-state index < -0.39 is 0 Å². The highest BCUT2D eigenvalue weighted by atomic mass is 32.2. The molecule has 1 atom stereocenters. The van der Waals surface area contributed by atoms with Gasteiger partial charge in [0.25, 0.3) is 0 Å². The van der Waals surface area contributed by atoms with E-state index in [0.29, 0.717) is 11.6 Å². The molecule has 1 unspecified atom stereocenters. The Kier molecular flexibility index (Phi) is 3.24. The van der Waals surface area contributed by atoms with Crippen LogP contribution in [0.15, 0.2) is 53.4 Å². The molecule has 3 rings (SSSR count). The molecule has 2 aromatic carbocycles. The van der Waals surface area contributed by atoms with Crippen molar-refractivity contribution in [1.82, 2.24) is 0 Å². The molecule has 0 radical (unpaired) electrons. The molecule has 2 aromatic rings. The maximum absolute atomic E-state index is 13.5. The third-order valence-corrected chi connectivity index (χ3v) is 4.46. The van der Waals surface area contributed by atoms with Gasteiger partial charge in [-0.2, -0.15) is 0 Å². The number of halogens is 1. The van der Waals surface area contributed by atoms with E-state index in [1.54, 1.807) is 12.1 Å². The summed E-state index contributed by atoms with van der Waals surface area (Å²) in [5.74, 6) is 1.35. The lowest BCUT2D eigenvalue weighted by molar-refractivity contribution is 0.629. The fourth-order valence-electron chi connectivity index (χ4n) is 2.24. The summed E-state index contributed by atoms with van der Waals surface area (Å²) < 4.78 is 13.5. The van der Waals surface area contributed by atoms with Crippen LogP contribution in [0.4, 0.5) is 10.1 Å². The van der Waals surface area contributed by atoms with Crippen LogP contribution in [-0.2, 0) is 0 Å². The normalized spacial score (nSPS) is 17.5. The summed E-state index contributed by atoms with van der Waals surface area (Å²) in [4.78, 5) is 1.36. The lowest BCUT2D eigenvalue weighted by Crippen LogP contribution is -2.13. The van der Waals surface area contributed by atoms with Crippen molar-refractivity contribution in [2.75, 3.05) is 17.6 Å². The van der Waals surface area contributed by atoms with Crippen LogP contribution in [0.3, 0.4) is 0 Å². The Morgan fingerprint density at radius 1 is 1.11 bits per heavy atom. The Bertz CT molecular complexity index is 556. The molecule has 3 heteroatoms. The fraction of sp³-hybridized carbons (Fsp3) is 0.200. The summed E-state index contributed by atoms with van der Waals surface area (Å²) in [5, 5.41) is 3.21. The Hall–Kier alpha value is -1.48. The molecule has 0 saturated heterocycles. The SMILES string of the molecule is Fc1ccccc1NCC1CSc2ccccc21. The number of para-hydroxylation sites is 1. The molecule has 1 aliphatic rings. The zero-order chi connectivity index (χ0) is 12.4. The molecule has 0 fully saturated rings. The van der Waals surface area contributed by atoms with Gasteiger partial charge in [0.2, 0.25) is 0 Å². The van der Waals surface area contributed by atoms with Crippen LogP contribution in [0.1, 0.15) is 11.5 Å². The van der Waals surface area contributed by atoms with Crippen molar-refractivity contribution in [2.24, 2.45) is 0 Å². The summed E-state index contributed by atoms with van der Waals surface area (Å²) in [7, 11) is 0. The van der Waals surface area contributed by atoms with Gasteiger partial charge in [0.15, 0.2) is 0 Å². The van der Waals surface area contributed by atoms with Gasteiger partial charge in [0.1, 0.15) is 5.82 Å². The molecule has 1 aliphatic heterocycles. The maximum Gasteiger partial charge on any atom is 0.146 e. The lowest BCUT2D eigenvalue weighted by atomic mass is 10.0. The first-order valence-corrected chi connectivity index (χ1v) is 7.03. The second-order valence-electron chi connectivity index (χ2n) is 4.41. The molecule has 1 nitrogen and oxygen atoms in total. The minimum absolute atomic E-state index is 0.184. The summed E-state index contributed by atoms with van der Waals surface area (Å²) in [6.45, 7) is 0.783. The van der Waals surface area contributed by atoms with Gasteiger partial charge in [-0.3, -0.25) is 0 Å². The standard InChI is InChI=1S/C15H14FNS/c16-13-6-2-3-7-14(13)17-9-11-10-18-15-8-4-1-5-12(11)15/h1-8,11,17H,9-10H2. The van der Waals surface area contributed by atoms with Gasteiger partial charge in [-0.05, 0) is 23.8 Å². The number of nitrogens with one attached hydrogen (secondary N) is 1. The second kappa shape index (κ2) is 5.02. The maximum atomic E-state index is 13.5. The third kappa shape index (κ3) is 2.23. The van der Waals surface area contributed by atoms with Crippen LogP contribution in [0, 0.1) is 5.82 Å². The number of hydrogen-bond donors (Lipinski definition) is 1. The first kappa shape index (κ1) is 11.6. The van der Waals surface area contributed by atoms with E-state index >= 15 is 0 Å². The average Bonchev–Trinajstić information content (AvgIpc) is 2.81. The smallest absolute Gasteiger partial charge is 0.146 e. The topological polar surface area (TPSA) is 12.0 Å². The number of anilines is 1. The minimum atomic E-state index is -0.184. The number of thioether (sulfide) groups is 1. The Balaban J connectivity index is 1.71. The van der Waals surface area contributed by atoms with Crippen LogP contribution in [0.5, 0.6) is 0 Å². The third-order valence-electron chi connectivity index (χ3n) is 3.21. The van der Waals surface area contributed by atoms with Gasteiger partial charge in [-0.25, -0.2) is 4.39 Å². The number of fused-ring (bicyclic) bond motifs is 1. The van der Waals surface area contributed by atoms with Gasteiger partial charge in [-0.15, -0.1) is 11.8 Å². The number of rotatable bonds is 3. The largest absolute Gasteiger partial charge is 0.382 e. The van der Waals surface area contributed by atoms with E-state index in [2.05, 4.69) is 29.6 Å². The van der Waals surface area contributed by atoms with E-state index in [9.17, 15) is 4.39 Å². The number of benzene rings is 2. The van der Waals surface area contributed by atoms with E-state index in [1.165, 1.54) is 16.5 Å². The van der Waals surface area contributed by atoms with E-state index in [-0.39, 0.29) is 5.82 Å². The van der Waals surface area contributed by atoms with Crippen molar-refractivity contribution in [3.8, 4) is 0 Å². The van der Waals surface area contributed by atoms with Gasteiger partial charge in [0, 0.05) is 23.1 Å². The van der Waals surface area contributed by atoms with E-state index in [1.807, 2.05) is 17.8 Å². The highest BCUT2D eigenvalue weighted by Crippen LogP contribution is 2.39. The van der Waals surface area contributed by atoms with Gasteiger partial charge < -0.3 is 5.32 Å². The Labute approximate surface area is 110 Å². The average molecular weight is 259 g/mol. The predicted molar refractivity (Wildman–Crippen MR) is 74.8 cm³/mol. The zero-order valence-corrected chi connectivity index (χ0v) is 10.7. The van der Waals surface area contributed by atoms with Gasteiger partial charge >= 0.3 is 0 Å². The molecule has 0 amide bonds. The van der Waals surface area contributed by atoms with Crippen molar-refractivity contribution in [1.29, 1.82) is 0 Å². The van der Waals surface area contributed by atoms with E-state index in [4.69, 9.17) is 0 Å². The van der Waals surface area contributed by atoms with Gasteiger partial charge in [0.05, 0.1) is 5.69 Å². The van der Waals surface area contributed by atoms with Crippen LogP contribution in [0.2, 0.25) is 0 Å². The highest BCUT2D eigenvalue weighted by molar-refractivity contribution is 7.99. The molecule has 0 aliphatic carbocycles. The molecule has 92 valence electrons.